The lowest BCUT2D eigenvalue weighted by molar-refractivity contribution is 0.126. The van der Waals surface area contributed by atoms with Crippen LogP contribution in [0.3, 0.4) is 0 Å². The lowest BCUT2D eigenvalue weighted by Gasteiger charge is -2.43. The van der Waals surface area contributed by atoms with Crippen LogP contribution in [-0.4, -0.2) is 53.9 Å². The summed E-state index contributed by atoms with van der Waals surface area (Å²) in [6, 6.07) is 4.44. The summed E-state index contributed by atoms with van der Waals surface area (Å²) in [5, 5.41) is 9.95. The average molecular weight is 377 g/mol. The highest BCUT2D eigenvalue weighted by atomic mass is 32.2. The van der Waals surface area contributed by atoms with Gasteiger partial charge in [0.05, 0.1) is 17.2 Å². The van der Waals surface area contributed by atoms with Gasteiger partial charge in [0.2, 0.25) is 0 Å². The summed E-state index contributed by atoms with van der Waals surface area (Å²) < 4.78 is 23.0. The predicted molar refractivity (Wildman–Crippen MR) is 99.8 cm³/mol. The molecule has 6 nitrogen and oxygen atoms in total. The Morgan fingerprint density at radius 3 is 2.60 bits per heavy atom. The van der Waals surface area contributed by atoms with Crippen LogP contribution in [0.25, 0.3) is 0 Å². The van der Waals surface area contributed by atoms with E-state index < -0.39 is 15.3 Å². The molecule has 2 N–H and O–H groups in total. The lowest BCUT2D eigenvalue weighted by Crippen LogP contribution is -2.51. The van der Waals surface area contributed by atoms with E-state index in [0.29, 0.717) is 24.9 Å². The van der Waals surface area contributed by atoms with Crippen LogP contribution >= 0.6 is 12.2 Å². The molecule has 0 radical (unpaired) electrons. The van der Waals surface area contributed by atoms with Gasteiger partial charge in [-0.1, -0.05) is 24.4 Å². The van der Waals surface area contributed by atoms with Gasteiger partial charge in [0.25, 0.3) is 0 Å². The van der Waals surface area contributed by atoms with Gasteiger partial charge < -0.3 is 5.73 Å². The highest BCUT2D eigenvalue weighted by Crippen LogP contribution is 2.44. The number of sulfone groups is 1. The molecule has 1 aromatic heterocycles. The van der Waals surface area contributed by atoms with Crippen molar-refractivity contribution in [1.29, 1.82) is 5.26 Å². The maximum atomic E-state index is 11.5. The number of thiocarbonyl (C=S) groups is 1. The molecule has 25 heavy (non-hydrogen) atoms. The molecular weight excluding hydrogens is 356 g/mol. The third-order valence-electron chi connectivity index (χ3n) is 5.03. The van der Waals surface area contributed by atoms with Gasteiger partial charge in [0.15, 0.2) is 0 Å². The third kappa shape index (κ3) is 3.59. The number of nitrogens with zero attached hydrogens (tertiary/aromatic N) is 3. The molecule has 2 aliphatic rings. The molecule has 8 heteroatoms. The van der Waals surface area contributed by atoms with E-state index in [0.717, 1.165) is 5.56 Å². The molecule has 2 unspecified atom stereocenters. The highest BCUT2D eigenvalue weighted by molar-refractivity contribution is 7.90. The fourth-order valence-corrected chi connectivity index (χ4v) is 4.38. The van der Waals surface area contributed by atoms with Crippen LogP contribution in [0.5, 0.6) is 0 Å². The largest absolute Gasteiger partial charge is 0.389 e. The summed E-state index contributed by atoms with van der Waals surface area (Å²) in [7, 11) is -3.02. The van der Waals surface area contributed by atoms with E-state index in [4.69, 9.17) is 18.0 Å². The number of nitrogens with two attached hydrogens (primary N) is 1. The topological polar surface area (TPSA) is 100 Å². The molecule has 0 spiro atoms. The number of aromatic nitrogens is 1. The SMILES string of the molecule is CS(=O)(=O)CCN1C2C=CC1CC(C#N)(c1cncc(C(N)=S)c1)C2. The molecule has 0 amide bonds. The molecule has 3 rings (SSSR count). The highest BCUT2D eigenvalue weighted by Gasteiger charge is 2.47. The zero-order valence-corrected chi connectivity index (χ0v) is 15.6. The second-order valence-electron chi connectivity index (χ2n) is 6.82. The zero-order chi connectivity index (χ0) is 18.2. The van der Waals surface area contributed by atoms with Gasteiger partial charge in [-0.25, -0.2) is 8.42 Å². The van der Waals surface area contributed by atoms with Crippen molar-refractivity contribution in [3.63, 3.8) is 0 Å². The van der Waals surface area contributed by atoms with Gasteiger partial charge >= 0.3 is 0 Å². The summed E-state index contributed by atoms with van der Waals surface area (Å²) in [6.45, 7) is 0.480. The Morgan fingerprint density at radius 1 is 1.44 bits per heavy atom. The van der Waals surface area contributed by atoms with Crippen LogP contribution in [0.2, 0.25) is 0 Å². The van der Waals surface area contributed by atoms with E-state index >= 15 is 0 Å². The molecule has 1 fully saturated rings. The van der Waals surface area contributed by atoms with Gasteiger partial charge in [0.1, 0.15) is 14.8 Å². The summed E-state index contributed by atoms with van der Waals surface area (Å²) in [5.41, 5.74) is 6.50. The Balaban J connectivity index is 1.86. The van der Waals surface area contributed by atoms with Gasteiger partial charge in [-0.05, 0) is 24.5 Å². The molecule has 2 aliphatic heterocycles. The number of nitriles is 1. The first-order valence-electron chi connectivity index (χ1n) is 8.02. The van der Waals surface area contributed by atoms with Crippen molar-refractivity contribution in [3.05, 3.63) is 41.7 Å². The lowest BCUT2D eigenvalue weighted by atomic mass is 9.71. The molecule has 3 heterocycles. The van der Waals surface area contributed by atoms with Crippen molar-refractivity contribution in [2.45, 2.75) is 30.3 Å². The van der Waals surface area contributed by atoms with Gasteiger partial charge in [-0.15, -0.1) is 0 Å². The van der Waals surface area contributed by atoms with Crippen LogP contribution in [0.4, 0.5) is 0 Å². The van der Waals surface area contributed by atoms with E-state index in [1.165, 1.54) is 6.26 Å². The van der Waals surface area contributed by atoms with Gasteiger partial charge in [-0.3, -0.25) is 9.88 Å². The average Bonchev–Trinajstić information content (AvgIpc) is 2.81. The third-order valence-corrected chi connectivity index (χ3v) is 6.19. The summed E-state index contributed by atoms with van der Waals surface area (Å²) in [5.74, 6) is 0.125. The predicted octanol–water partition coefficient (Wildman–Crippen LogP) is 0.925. The number of piperidine rings is 1. The molecule has 1 saturated heterocycles. The van der Waals surface area contributed by atoms with Gasteiger partial charge in [-0.2, -0.15) is 5.26 Å². The minimum atomic E-state index is -3.02. The van der Waals surface area contributed by atoms with Crippen LogP contribution in [0.15, 0.2) is 30.6 Å². The Labute approximate surface area is 153 Å². The van der Waals surface area contributed by atoms with Crippen molar-refractivity contribution >= 4 is 27.0 Å². The fraction of sp³-hybridized carbons (Fsp3) is 0.471. The van der Waals surface area contributed by atoms with E-state index in [9.17, 15) is 13.7 Å². The molecule has 0 aromatic carbocycles. The number of fused-ring (bicyclic) bond motifs is 2. The van der Waals surface area contributed by atoms with E-state index in [-0.39, 0.29) is 22.8 Å². The minimum Gasteiger partial charge on any atom is -0.389 e. The second-order valence-corrected chi connectivity index (χ2v) is 9.52. The number of rotatable bonds is 5. The molecule has 2 atom stereocenters. The summed E-state index contributed by atoms with van der Waals surface area (Å²) in [4.78, 5) is 6.63. The van der Waals surface area contributed by atoms with Crippen molar-refractivity contribution in [2.75, 3.05) is 18.6 Å². The second kappa shape index (κ2) is 6.48. The Morgan fingerprint density at radius 2 is 2.08 bits per heavy atom. The maximum absolute atomic E-state index is 11.5. The Hall–Kier alpha value is -1.82. The van der Waals surface area contributed by atoms with E-state index in [1.807, 2.05) is 6.07 Å². The van der Waals surface area contributed by atoms with E-state index in [2.05, 4.69) is 28.1 Å². The smallest absolute Gasteiger partial charge is 0.148 e. The Bertz CT molecular complexity index is 857. The quantitative estimate of drug-likeness (QED) is 0.602. The minimum absolute atomic E-state index is 0.0497. The van der Waals surface area contributed by atoms with Crippen LogP contribution in [0, 0.1) is 11.3 Å². The van der Waals surface area contributed by atoms with E-state index in [1.54, 1.807) is 12.4 Å². The normalized spacial score (nSPS) is 28.6. The number of hydrogen-bond acceptors (Lipinski definition) is 6. The first kappa shape index (κ1) is 18.0. The fourth-order valence-electron chi connectivity index (χ4n) is 3.72. The van der Waals surface area contributed by atoms with Crippen molar-refractivity contribution < 1.29 is 8.42 Å². The first-order valence-corrected chi connectivity index (χ1v) is 10.5. The molecule has 132 valence electrons. The van der Waals surface area contributed by atoms with Crippen LogP contribution < -0.4 is 5.73 Å². The van der Waals surface area contributed by atoms with Crippen molar-refractivity contribution in [3.8, 4) is 6.07 Å². The maximum Gasteiger partial charge on any atom is 0.148 e. The summed E-state index contributed by atoms with van der Waals surface area (Å²) in [6.07, 6.45) is 9.92. The Kier molecular flexibility index (Phi) is 4.66. The first-order chi connectivity index (χ1) is 11.7. The molecule has 0 aliphatic carbocycles. The molecular formula is C17H20N4O2S2. The van der Waals surface area contributed by atoms with Crippen molar-refractivity contribution in [2.24, 2.45) is 5.73 Å². The number of pyridine rings is 1. The monoisotopic (exact) mass is 376 g/mol. The van der Waals surface area contributed by atoms with Crippen molar-refractivity contribution in [1.82, 2.24) is 9.88 Å². The summed E-state index contributed by atoms with van der Waals surface area (Å²) >= 11 is 5.02. The number of hydrogen-bond donors (Lipinski definition) is 1. The molecule has 1 aromatic rings. The van der Waals surface area contributed by atoms with Crippen LogP contribution in [0.1, 0.15) is 24.0 Å². The van der Waals surface area contributed by atoms with Crippen LogP contribution in [-0.2, 0) is 15.3 Å². The molecule has 0 saturated carbocycles. The standard InChI is InChI=1S/C17H20N4O2S2/c1-25(22,23)5-4-21-14-2-3-15(21)8-17(7-14,11-18)13-6-12(16(19)24)9-20-10-13/h2-3,6,9-10,14-15H,4-5,7-8H2,1H3,(H2,19,24). The molecule has 2 bridgehead atoms. The van der Waals surface area contributed by atoms with Gasteiger partial charge in [0, 0.05) is 42.8 Å². The zero-order valence-electron chi connectivity index (χ0n) is 13.9.